The van der Waals surface area contributed by atoms with Gasteiger partial charge in [-0.2, -0.15) is 13.2 Å². The summed E-state index contributed by atoms with van der Waals surface area (Å²) in [6.07, 6.45) is -2.15. The van der Waals surface area contributed by atoms with Crippen molar-refractivity contribution in [2.24, 2.45) is 0 Å². The van der Waals surface area contributed by atoms with Crippen LogP contribution in [0, 0.1) is 12.7 Å². The van der Waals surface area contributed by atoms with Crippen LogP contribution in [0.2, 0.25) is 0 Å². The Morgan fingerprint density at radius 3 is 2.76 bits per heavy atom. The van der Waals surface area contributed by atoms with Gasteiger partial charge in [-0.1, -0.05) is 0 Å². The topological polar surface area (TPSA) is 41.1 Å². The summed E-state index contributed by atoms with van der Waals surface area (Å²) in [4.78, 5) is 11.0. The molecule has 0 radical (unpaired) electrons. The maximum Gasteiger partial charge on any atom is 0.401 e. The van der Waals surface area contributed by atoms with Gasteiger partial charge in [-0.05, 0) is 44.4 Å². The van der Waals surface area contributed by atoms with E-state index in [1.165, 1.54) is 12.1 Å². The van der Waals surface area contributed by atoms with Crippen molar-refractivity contribution in [3.05, 3.63) is 29.7 Å². The Kier molecular flexibility index (Phi) is 5.08. The van der Waals surface area contributed by atoms with Crippen molar-refractivity contribution in [1.82, 2.24) is 15.3 Å². The lowest BCUT2D eigenvalue weighted by Crippen LogP contribution is -2.37. The summed E-state index contributed by atoms with van der Waals surface area (Å²) in [5.74, 6) is 0.216. The van der Waals surface area contributed by atoms with Crippen molar-refractivity contribution >= 4 is 16.9 Å². The highest BCUT2D eigenvalue weighted by Gasteiger charge is 2.29. The monoisotopic (exact) mass is 356 g/mol. The van der Waals surface area contributed by atoms with E-state index in [4.69, 9.17) is 0 Å². The minimum absolute atomic E-state index is 0.165. The molecule has 1 N–H and O–H groups in total. The zero-order valence-electron chi connectivity index (χ0n) is 13.9. The van der Waals surface area contributed by atoms with E-state index < -0.39 is 12.7 Å². The van der Waals surface area contributed by atoms with E-state index in [9.17, 15) is 17.6 Å². The fourth-order valence-corrected chi connectivity index (χ4v) is 3.14. The SMILES string of the molecule is Cc1nc(N2CCC[C@@H](NCC(F)(F)F)CC2)nc2ccc(F)cc12. The summed E-state index contributed by atoms with van der Waals surface area (Å²) in [6.45, 7) is 2.12. The van der Waals surface area contributed by atoms with Gasteiger partial charge in [0.25, 0.3) is 0 Å². The Morgan fingerprint density at radius 2 is 2.00 bits per heavy atom. The Labute approximate surface area is 143 Å². The Hall–Kier alpha value is -1.96. The maximum absolute atomic E-state index is 13.4. The molecule has 1 saturated heterocycles. The minimum Gasteiger partial charge on any atom is -0.341 e. The lowest BCUT2D eigenvalue weighted by atomic mass is 10.1. The number of aromatic nitrogens is 2. The molecule has 1 aromatic carbocycles. The first kappa shape index (κ1) is 17.8. The molecule has 1 aromatic heterocycles. The number of benzene rings is 1. The van der Waals surface area contributed by atoms with Gasteiger partial charge in [0.1, 0.15) is 5.82 Å². The van der Waals surface area contributed by atoms with Crippen molar-refractivity contribution in [3.8, 4) is 0 Å². The molecule has 0 saturated carbocycles. The standard InChI is InChI=1S/C17H20F4N4/c1-11-14-9-12(18)4-5-15(14)24-16(23-11)25-7-2-3-13(6-8-25)22-10-17(19,20)21/h4-5,9,13,22H,2-3,6-8,10H2,1H3/t13-/m1/s1. The molecule has 136 valence electrons. The van der Waals surface area contributed by atoms with Crippen molar-refractivity contribution in [1.29, 1.82) is 0 Å². The van der Waals surface area contributed by atoms with Gasteiger partial charge in [-0.3, -0.25) is 0 Å². The molecular formula is C17H20F4N4. The zero-order chi connectivity index (χ0) is 18.0. The third-order valence-electron chi connectivity index (χ3n) is 4.44. The third kappa shape index (κ3) is 4.56. The fraction of sp³-hybridized carbons (Fsp3) is 0.529. The van der Waals surface area contributed by atoms with Gasteiger partial charge in [0.15, 0.2) is 0 Å². The first-order chi connectivity index (χ1) is 11.8. The van der Waals surface area contributed by atoms with Gasteiger partial charge in [0, 0.05) is 24.5 Å². The number of fused-ring (bicyclic) bond motifs is 1. The highest BCUT2D eigenvalue weighted by molar-refractivity contribution is 5.81. The number of halogens is 4. The van der Waals surface area contributed by atoms with Gasteiger partial charge in [0.2, 0.25) is 5.95 Å². The van der Waals surface area contributed by atoms with Gasteiger partial charge >= 0.3 is 6.18 Å². The average Bonchev–Trinajstić information content (AvgIpc) is 2.78. The molecule has 1 aliphatic heterocycles. The number of rotatable bonds is 3. The lowest BCUT2D eigenvalue weighted by Gasteiger charge is -2.22. The highest BCUT2D eigenvalue weighted by atomic mass is 19.4. The van der Waals surface area contributed by atoms with E-state index >= 15 is 0 Å². The summed E-state index contributed by atoms with van der Waals surface area (Å²) in [5.41, 5.74) is 1.36. The molecule has 0 unspecified atom stereocenters. The van der Waals surface area contributed by atoms with Crippen molar-refractivity contribution in [2.45, 2.75) is 38.4 Å². The molecule has 3 rings (SSSR count). The highest BCUT2D eigenvalue weighted by Crippen LogP contribution is 2.23. The molecule has 1 fully saturated rings. The first-order valence-corrected chi connectivity index (χ1v) is 8.31. The summed E-state index contributed by atoms with van der Waals surface area (Å²) >= 11 is 0. The van der Waals surface area contributed by atoms with Crippen LogP contribution in [0.25, 0.3) is 10.9 Å². The predicted octanol–water partition coefficient (Wildman–Crippen LogP) is 3.59. The van der Waals surface area contributed by atoms with E-state index in [-0.39, 0.29) is 11.9 Å². The van der Waals surface area contributed by atoms with Crippen LogP contribution in [0.15, 0.2) is 18.2 Å². The second-order valence-electron chi connectivity index (χ2n) is 6.38. The van der Waals surface area contributed by atoms with E-state index in [1.807, 2.05) is 4.90 Å². The Balaban J connectivity index is 1.72. The van der Waals surface area contributed by atoms with Crippen molar-refractivity contribution < 1.29 is 17.6 Å². The molecule has 25 heavy (non-hydrogen) atoms. The first-order valence-electron chi connectivity index (χ1n) is 8.31. The molecule has 8 heteroatoms. The number of nitrogens with one attached hydrogen (secondary N) is 1. The Bertz CT molecular complexity index is 747. The second kappa shape index (κ2) is 7.11. The van der Waals surface area contributed by atoms with Crippen LogP contribution in [-0.4, -0.2) is 41.8 Å². The second-order valence-corrected chi connectivity index (χ2v) is 6.38. The number of aryl methyl sites for hydroxylation is 1. The van der Waals surface area contributed by atoms with Crippen LogP contribution < -0.4 is 10.2 Å². The van der Waals surface area contributed by atoms with Crippen LogP contribution in [0.3, 0.4) is 0 Å². The molecule has 1 aliphatic rings. The molecule has 0 amide bonds. The van der Waals surface area contributed by atoms with Crippen LogP contribution in [-0.2, 0) is 0 Å². The van der Waals surface area contributed by atoms with Gasteiger partial charge in [0.05, 0.1) is 17.8 Å². The largest absolute Gasteiger partial charge is 0.401 e. The van der Waals surface area contributed by atoms with E-state index in [1.54, 1.807) is 13.0 Å². The van der Waals surface area contributed by atoms with Crippen molar-refractivity contribution in [3.63, 3.8) is 0 Å². The number of anilines is 1. The molecule has 0 aliphatic carbocycles. The molecule has 4 nitrogen and oxygen atoms in total. The normalized spacial score (nSPS) is 19.2. The van der Waals surface area contributed by atoms with E-state index in [0.29, 0.717) is 48.5 Å². The zero-order valence-corrected chi connectivity index (χ0v) is 13.9. The van der Waals surface area contributed by atoms with Gasteiger partial charge < -0.3 is 10.2 Å². The van der Waals surface area contributed by atoms with Crippen LogP contribution >= 0.6 is 0 Å². The third-order valence-corrected chi connectivity index (χ3v) is 4.44. The van der Waals surface area contributed by atoms with Crippen LogP contribution in [0.5, 0.6) is 0 Å². The van der Waals surface area contributed by atoms with Crippen molar-refractivity contribution in [2.75, 3.05) is 24.5 Å². The van der Waals surface area contributed by atoms with E-state index in [2.05, 4.69) is 15.3 Å². The lowest BCUT2D eigenvalue weighted by molar-refractivity contribution is -0.126. The average molecular weight is 356 g/mol. The molecule has 0 spiro atoms. The van der Waals surface area contributed by atoms with Gasteiger partial charge in [-0.25, -0.2) is 14.4 Å². The maximum atomic E-state index is 13.4. The Morgan fingerprint density at radius 1 is 1.20 bits per heavy atom. The molecular weight excluding hydrogens is 336 g/mol. The molecule has 0 bridgehead atoms. The molecule has 2 heterocycles. The van der Waals surface area contributed by atoms with Crippen LogP contribution in [0.1, 0.15) is 25.0 Å². The minimum atomic E-state index is -4.19. The van der Waals surface area contributed by atoms with Crippen LogP contribution in [0.4, 0.5) is 23.5 Å². The van der Waals surface area contributed by atoms with E-state index in [0.717, 1.165) is 6.42 Å². The summed E-state index contributed by atoms with van der Waals surface area (Å²) in [6, 6.07) is 4.22. The summed E-state index contributed by atoms with van der Waals surface area (Å²) < 4.78 is 50.4. The summed E-state index contributed by atoms with van der Waals surface area (Å²) in [7, 11) is 0. The predicted molar refractivity (Wildman–Crippen MR) is 88.1 cm³/mol. The number of hydrogen-bond donors (Lipinski definition) is 1. The fourth-order valence-electron chi connectivity index (χ4n) is 3.14. The van der Waals surface area contributed by atoms with Gasteiger partial charge in [-0.15, -0.1) is 0 Å². The quantitative estimate of drug-likeness (QED) is 0.854. The molecule has 1 atom stereocenters. The summed E-state index contributed by atoms with van der Waals surface area (Å²) in [5, 5.41) is 3.26. The number of nitrogens with zero attached hydrogens (tertiary/aromatic N) is 3. The molecule has 2 aromatic rings. The number of hydrogen-bond acceptors (Lipinski definition) is 4. The smallest absolute Gasteiger partial charge is 0.341 e. The number of alkyl halides is 3.